The number of hydrogen-bond acceptors (Lipinski definition) is 2. The molecule has 3 aromatic carbocycles. The Morgan fingerprint density at radius 3 is 2.52 bits per heavy atom. The van der Waals surface area contributed by atoms with Crippen molar-refractivity contribution in [2.45, 2.75) is 20.3 Å². The zero-order valence-corrected chi connectivity index (χ0v) is 15.8. The molecule has 0 unspecified atom stereocenters. The lowest BCUT2D eigenvalue weighted by atomic mass is 10.0. The molecule has 3 aromatic rings. The second-order valence-electron chi connectivity index (χ2n) is 6.95. The number of ether oxygens (including phenoxy) is 1. The van der Waals surface area contributed by atoms with Gasteiger partial charge in [0, 0.05) is 11.8 Å². The minimum atomic E-state index is -0.156. The lowest BCUT2D eigenvalue weighted by molar-refractivity contribution is -0.111. The van der Waals surface area contributed by atoms with Crippen molar-refractivity contribution in [3.8, 4) is 5.75 Å². The van der Waals surface area contributed by atoms with Gasteiger partial charge in [0.05, 0.1) is 6.61 Å². The van der Waals surface area contributed by atoms with Crippen LogP contribution in [0.1, 0.15) is 25.8 Å². The molecule has 0 bridgehead atoms. The van der Waals surface area contributed by atoms with Crippen LogP contribution in [0.5, 0.6) is 5.75 Å². The summed E-state index contributed by atoms with van der Waals surface area (Å²) < 4.78 is 5.70. The van der Waals surface area contributed by atoms with Crippen LogP contribution in [0.2, 0.25) is 0 Å². The molecule has 0 saturated carbocycles. The molecule has 0 aliphatic heterocycles. The van der Waals surface area contributed by atoms with E-state index in [1.54, 1.807) is 6.08 Å². The largest absolute Gasteiger partial charge is 0.494 e. The first kappa shape index (κ1) is 18.7. The molecule has 3 nitrogen and oxygen atoms in total. The van der Waals surface area contributed by atoms with Gasteiger partial charge in [-0.3, -0.25) is 4.79 Å². The van der Waals surface area contributed by atoms with E-state index in [0.29, 0.717) is 12.5 Å². The molecule has 0 aliphatic carbocycles. The molecule has 27 heavy (non-hydrogen) atoms. The smallest absolute Gasteiger partial charge is 0.248 e. The number of anilines is 1. The van der Waals surface area contributed by atoms with Crippen molar-refractivity contribution >= 4 is 28.4 Å². The van der Waals surface area contributed by atoms with Crippen molar-refractivity contribution in [1.82, 2.24) is 0 Å². The van der Waals surface area contributed by atoms with E-state index < -0.39 is 0 Å². The third-order valence-electron chi connectivity index (χ3n) is 4.32. The molecule has 0 fully saturated rings. The fraction of sp³-hybridized carbons (Fsp3) is 0.208. The van der Waals surface area contributed by atoms with Crippen molar-refractivity contribution in [1.29, 1.82) is 0 Å². The van der Waals surface area contributed by atoms with Crippen LogP contribution in [0, 0.1) is 5.92 Å². The Labute approximate surface area is 160 Å². The Hall–Kier alpha value is -3.07. The highest BCUT2D eigenvalue weighted by Gasteiger charge is 2.01. The maximum Gasteiger partial charge on any atom is 0.248 e. The number of fused-ring (bicyclic) bond motifs is 1. The molecule has 0 atom stereocenters. The first-order valence-corrected chi connectivity index (χ1v) is 9.31. The lowest BCUT2D eigenvalue weighted by Crippen LogP contribution is -2.07. The zero-order chi connectivity index (χ0) is 19.1. The highest BCUT2D eigenvalue weighted by Crippen LogP contribution is 2.20. The molecular formula is C24H25NO2. The molecule has 0 aromatic heterocycles. The Bertz CT molecular complexity index is 921. The van der Waals surface area contributed by atoms with Gasteiger partial charge in [-0.15, -0.1) is 0 Å². The Morgan fingerprint density at radius 2 is 1.74 bits per heavy atom. The Morgan fingerprint density at radius 1 is 1.00 bits per heavy atom. The van der Waals surface area contributed by atoms with Crippen molar-refractivity contribution in [3.05, 3.63) is 78.4 Å². The number of carbonyl (C=O) groups is 1. The molecule has 1 amide bonds. The lowest BCUT2D eigenvalue weighted by Gasteiger charge is -2.09. The summed E-state index contributed by atoms with van der Waals surface area (Å²) in [6.45, 7) is 5.05. The number of carbonyl (C=O) groups excluding carboxylic acids is 1. The molecule has 138 valence electrons. The summed E-state index contributed by atoms with van der Waals surface area (Å²) in [6, 6.07) is 21.7. The van der Waals surface area contributed by atoms with E-state index in [1.807, 2.05) is 54.6 Å². The molecule has 0 radical (unpaired) electrons. The first-order chi connectivity index (χ1) is 13.1. The van der Waals surface area contributed by atoms with Crippen LogP contribution in [-0.4, -0.2) is 12.5 Å². The monoisotopic (exact) mass is 359 g/mol. The van der Waals surface area contributed by atoms with E-state index in [1.165, 1.54) is 0 Å². The number of amides is 1. The van der Waals surface area contributed by atoms with Gasteiger partial charge in [-0.1, -0.05) is 56.3 Å². The molecule has 1 N–H and O–H groups in total. The third-order valence-corrected chi connectivity index (χ3v) is 4.32. The van der Waals surface area contributed by atoms with E-state index in [0.717, 1.165) is 34.2 Å². The van der Waals surface area contributed by atoms with Gasteiger partial charge in [-0.25, -0.2) is 0 Å². The van der Waals surface area contributed by atoms with Crippen molar-refractivity contribution in [2.75, 3.05) is 11.9 Å². The average molecular weight is 359 g/mol. The van der Waals surface area contributed by atoms with Gasteiger partial charge >= 0.3 is 0 Å². The summed E-state index contributed by atoms with van der Waals surface area (Å²) >= 11 is 0. The van der Waals surface area contributed by atoms with Crippen LogP contribution >= 0.6 is 0 Å². The summed E-state index contributed by atoms with van der Waals surface area (Å²) in [5.74, 6) is 1.29. The van der Waals surface area contributed by atoms with Gasteiger partial charge in [-0.2, -0.15) is 0 Å². The summed E-state index contributed by atoms with van der Waals surface area (Å²) in [4.78, 5) is 12.2. The van der Waals surface area contributed by atoms with Crippen LogP contribution in [0.15, 0.2) is 72.8 Å². The molecule has 3 rings (SSSR count). The number of nitrogens with one attached hydrogen (secondary N) is 1. The normalized spacial score (nSPS) is 11.2. The minimum Gasteiger partial charge on any atom is -0.494 e. The van der Waals surface area contributed by atoms with Crippen LogP contribution in [0.4, 0.5) is 5.69 Å². The number of benzene rings is 3. The van der Waals surface area contributed by atoms with E-state index in [9.17, 15) is 4.79 Å². The molecule has 0 saturated heterocycles. The number of hydrogen-bond donors (Lipinski definition) is 1. The topological polar surface area (TPSA) is 38.3 Å². The molecular weight excluding hydrogens is 334 g/mol. The molecule has 3 heteroatoms. The van der Waals surface area contributed by atoms with Crippen LogP contribution in [0.3, 0.4) is 0 Å². The van der Waals surface area contributed by atoms with Gasteiger partial charge in [0.25, 0.3) is 0 Å². The predicted molar refractivity (Wildman–Crippen MR) is 113 cm³/mol. The van der Waals surface area contributed by atoms with E-state index in [2.05, 4.69) is 37.4 Å². The average Bonchev–Trinajstić information content (AvgIpc) is 2.67. The van der Waals surface area contributed by atoms with Crippen LogP contribution in [-0.2, 0) is 4.79 Å². The summed E-state index contributed by atoms with van der Waals surface area (Å²) in [7, 11) is 0. The van der Waals surface area contributed by atoms with Gasteiger partial charge in [-0.05, 0) is 59.0 Å². The molecule has 0 spiro atoms. The maximum atomic E-state index is 12.2. The SMILES string of the molecule is CC(C)CCOc1ccc(NC(=O)C=Cc2cccc3ccccc23)cc1. The molecule has 0 heterocycles. The summed E-state index contributed by atoms with van der Waals surface area (Å²) in [5.41, 5.74) is 1.77. The van der Waals surface area contributed by atoms with E-state index in [4.69, 9.17) is 4.74 Å². The standard InChI is InChI=1S/C24H25NO2/c1-18(2)16-17-27-22-13-11-21(12-14-22)25-24(26)15-10-20-8-5-7-19-6-3-4-9-23(19)20/h3-15,18H,16-17H2,1-2H3,(H,25,26). The van der Waals surface area contributed by atoms with Crippen molar-refractivity contribution < 1.29 is 9.53 Å². The highest BCUT2D eigenvalue weighted by atomic mass is 16.5. The summed E-state index contributed by atoms with van der Waals surface area (Å²) in [6.07, 6.45) is 4.44. The maximum absolute atomic E-state index is 12.2. The number of rotatable bonds is 7. The van der Waals surface area contributed by atoms with Gasteiger partial charge in [0.1, 0.15) is 5.75 Å². The van der Waals surface area contributed by atoms with E-state index >= 15 is 0 Å². The van der Waals surface area contributed by atoms with E-state index in [-0.39, 0.29) is 5.91 Å². The quantitative estimate of drug-likeness (QED) is 0.532. The fourth-order valence-corrected chi connectivity index (χ4v) is 2.79. The highest BCUT2D eigenvalue weighted by molar-refractivity contribution is 6.03. The van der Waals surface area contributed by atoms with Crippen LogP contribution in [0.25, 0.3) is 16.8 Å². The zero-order valence-electron chi connectivity index (χ0n) is 15.8. The summed E-state index contributed by atoms with van der Waals surface area (Å²) in [5, 5.41) is 5.17. The Kier molecular flexibility index (Phi) is 6.26. The second kappa shape index (κ2) is 9.04. The van der Waals surface area contributed by atoms with Crippen molar-refractivity contribution in [2.24, 2.45) is 5.92 Å². The second-order valence-corrected chi connectivity index (χ2v) is 6.95. The minimum absolute atomic E-state index is 0.156. The van der Waals surface area contributed by atoms with Gasteiger partial charge in [0.15, 0.2) is 0 Å². The first-order valence-electron chi connectivity index (χ1n) is 9.31. The fourth-order valence-electron chi connectivity index (χ4n) is 2.79. The third kappa shape index (κ3) is 5.45. The van der Waals surface area contributed by atoms with Gasteiger partial charge < -0.3 is 10.1 Å². The predicted octanol–water partition coefficient (Wildman–Crippen LogP) is 5.92. The Balaban J connectivity index is 1.59. The van der Waals surface area contributed by atoms with Crippen molar-refractivity contribution in [3.63, 3.8) is 0 Å². The molecule has 0 aliphatic rings. The van der Waals surface area contributed by atoms with Crippen LogP contribution < -0.4 is 10.1 Å². The van der Waals surface area contributed by atoms with Gasteiger partial charge in [0.2, 0.25) is 5.91 Å².